The van der Waals surface area contributed by atoms with Crippen molar-refractivity contribution in [3.05, 3.63) is 36.4 Å². The lowest BCUT2D eigenvalue weighted by Gasteiger charge is -2.17. The topological polar surface area (TPSA) is 101 Å². The summed E-state index contributed by atoms with van der Waals surface area (Å²) in [5, 5.41) is 32.3. The van der Waals surface area contributed by atoms with E-state index < -0.39 is 0 Å². The van der Waals surface area contributed by atoms with Gasteiger partial charge in [-0.1, -0.05) is 36.4 Å². The first kappa shape index (κ1) is 19.9. The number of aliphatic hydroxyl groups excluding tert-OH is 3. The summed E-state index contributed by atoms with van der Waals surface area (Å²) in [4.78, 5) is 10.2. The van der Waals surface area contributed by atoms with Crippen molar-refractivity contribution in [2.75, 3.05) is 39.5 Å². The molecule has 0 saturated heterocycles. The predicted molar refractivity (Wildman–Crippen MR) is 72.8 cm³/mol. The number of rotatable bonds is 6. The Kier molecular flexibility index (Phi) is 19.7. The van der Waals surface area contributed by atoms with Crippen LogP contribution in [0.15, 0.2) is 36.4 Å². The lowest BCUT2D eigenvalue weighted by molar-refractivity contribution is -0.122. The number of nitrogens with zero attached hydrogens (tertiary/aromatic N) is 1. The van der Waals surface area contributed by atoms with Crippen LogP contribution >= 0.6 is 0 Å². The van der Waals surface area contributed by atoms with Crippen LogP contribution in [0.25, 0.3) is 0 Å². The lowest BCUT2D eigenvalue weighted by Crippen LogP contribution is -2.32. The zero-order chi connectivity index (χ0) is 14.8. The molecule has 0 fully saturated rings. The molecule has 0 aliphatic heterocycles. The van der Waals surface area contributed by atoms with Gasteiger partial charge in [0.25, 0.3) is 6.47 Å². The van der Waals surface area contributed by atoms with Gasteiger partial charge < -0.3 is 20.4 Å². The van der Waals surface area contributed by atoms with Crippen LogP contribution in [-0.4, -0.2) is 71.3 Å². The Morgan fingerprint density at radius 1 is 0.737 bits per heavy atom. The van der Waals surface area contributed by atoms with Gasteiger partial charge in [-0.2, -0.15) is 0 Å². The second-order valence-electron chi connectivity index (χ2n) is 3.27. The largest absolute Gasteiger partial charge is 0.483 e. The molecule has 0 saturated carbocycles. The third kappa shape index (κ3) is 19.1. The fraction of sp³-hybridized carbons (Fsp3) is 0.462. The first-order valence-corrected chi connectivity index (χ1v) is 5.89. The second-order valence-corrected chi connectivity index (χ2v) is 3.27. The summed E-state index contributed by atoms with van der Waals surface area (Å²) in [7, 11) is 0. The Morgan fingerprint density at radius 2 is 0.947 bits per heavy atom. The Hall–Kier alpha value is -1.47. The fourth-order valence-corrected chi connectivity index (χ4v) is 1.14. The molecule has 6 heteroatoms. The molecule has 110 valence electrons. The Bertz CT molecular complexity index is 217. The Labute approximate surface area is 113 Å². The van der Waals surface area contributed by atoms with Crippen LogP contribution < -0.4 is 0 Å². The van der Waals surface area contributed by atoms with E-state index in [-0.39, 0.29) is 26.3 Å². The van der Waals surface area contributed by atoms with Gasteiger partial charge in [0.15, 0.2) is 0 Å². The van der Waals surface area contributed by atoms with Crippen molar-refractivity contribution < 1.29 is 25.2 Å². The summed E-state index contributed by atoms with van der Waals surface area (Å²) in [6, 6.07) is 12.0. The molecule has 0 aromatic heterocycles. The molecule has 1 aromatic carbocycles. The summed E-state index contributed by atoms with van der Waals surface area (Å²) in [6.07, 6.45) is 0. The van der Waals surface area contributed by atoms with Crippen LogP contribution in [0, 0.1) is 0 Å². The van der Waals surface area contributed by atoms with E-state index in [1.165, 1.54) is 0 Å². The smallest absolute Gasteiger partial charge is 0.290 e. The minimum Gasteiger partial charge on any atom is -0.483 e. The van der Waals surface area contributed by atoms with Crippen LogP contribution in [0.2, 0.25) is 0 Å². The first-order valence-electron chi connectivity index (χ1n) is 5.89. The fourth-order valence-electron chi connectivity index (χ4n) is 1.14. The first-order chi connectivity index (χ1) is 9.26. The maximum absolute atomic E-state index is 8.48. The summed E-state index contributed by atoms with van der Waals surface area (Å²) in [5.74, 6) is 0. The highest BCUT2D eigenvalue weighted by Gasteiger charge is 2.00. The summed E-state index contributed by atoms with van der Waals surface area (Å²) < 4.78 is 0. The van der Waals surface area contributed by atoms with E-state index in [0.29, 0.717) is 19.6 Å². The maximum atomic E-state index is 8.48. The van der Waals surface area contributed by atoms with Crippen LogP contribution in [0.3, 0.4) is 0 Å². The number of carboxylic acid groups (broad SMARTS) is 1. The van der Waals surface area contributed by atoms with Crippen molar-refractivity contribution in [1.29, 1.82) is 0 Å². The molecule has 4 N–H and O–H groups in total. The molecule has 0 unspecified atom stereocenters. The summed E-state index contributed by atoms with van der Waals surface area (Å²) >= 11 is 0. The SMILES string of the molecule is O=CO.OCCN(CCO)CCO.c1ccccc1. The van der Waals surface area contributed by atoms with E-state index in [4.69, 9.17) is 25.2 Å². The van der Waals surface area contributed by atoms with Gasteiger partial charge in [0.2, 0.25) is 0 Å². The molecule has 0 heterocycles. The second kappa shape index (κ2) is 18.9. The van der Waals surface area contributed by atoms with Crippen LogP contribution in [0.4, 0.5) is 0 Å². The highest BCUT2D eigenvalue weighted by atomic mass is 16.3. The van der Waals surface area contributed by atoms with Gasteiger partial charge in [0, 0.05) is 19.6 Å². The predicted octanol–water partition coefficient (Wildman–Crippen LogP) is -0.347. The minimum atomic E-state index is -0.250. The normalized spacial score (nSPS) is 8.84. The van der Waals surface area contributed by atoms with Gasteiger partial charge in [-0.3, -0.25) is 9.69 Å². The van der Waals surface area contributed by atoms with Gasteiger partial charge in [-0.05, 0) is 0 Å². The van der Waals surface area contributed by atoms with Crippen molar-refractivity contribution in [3.63, 3.8) is 0 Å². The van der Waals surface area contributed by atoms with Crippen LogP contribution in [0.5, 0.6) is 0 Å². The number of benzene rings is 1. The molecule has 0 atom stereocenters. The summed E-state index contributed by atoms with van der Waals surface area (Å²) in [6.45, 7) is 1.50. The molecule has 0 amide bonds. The molecule has 19 heavy (non-hydrogen) atoms. The molecule has 0 bridgehead atoms. The van der Waals surface area contributed by atoms with Gasteiger partial charge in [0.05, 0.1) is 19.8 Å². The van der Waals surface area contributed by atoms with Crippen molar-refractivity contribution in [3.8, 4) is 0 Å². The van der Waals surface area contributed by atoms with Gasteiger partial charge in [-0.15, -0.1) is 0 Å². The number of hydrogen-bond donors (Lipinski definition) is 4. The van der Waals surface area contributed by atoms with E-state index in [2.05, 4.69) is 0 Å². The van der Waals surface area contributed by atoms with Crippen molar-refractivity contribution >= 4 is 6.47 Å². The monoisotopic (exact) mass is 273 g/mol. The zero-order valence-electron chi connectivity index (χ0n) is 10.9. The van der Waals surface area contributed by atoms with Crippen molar-refractivity contribution in [2.45, 2.75) is 0 Å². The Morgan fingerprint density at radius 3 is 1.11 bits per heavy atom. The number of carbonyl (C=O) groups is 1. The van der Waals surface area contributed by atoms with Gasteiger partial charge >= 0.3 is 0 Å². The zero-order valence-corrected chi connectivity index (χ0v) is 10.9. The molecule has 0 radical (unpaired) electrons. The minimum absolute atomic E-state index is 0.0694. The molecule has 0 aliphatic carbocycles. The average Bonchev–Trinajstić information content (AvgIpc) is 2.43. The van der Waals surface area contributed by atoms with Gasteiger partial charge in [0.1, 0.15) is 0 Å². The van der Waals surface area contributed by atoms with E-state index in [1.807, 2.05) is 36.4 Å². The van der Waals surface area contributed by atoms with E-state index in [9.17, 15) is 0 Å². The van der Waals surface area contributed by atoms with Crippen LogP contribution in [-0.2, 0) is 4.79 Å². The third-order valence-electron chi connectivity index (χ3n) is 1.92. The summed E-state index contributed by atoms with van der Waals surface area (Å²) in [5.41, 5.74) is 0. The van der Waals surface area contributed by atoms with Crippen LogP contribution in [0.1, 0.15) is 0 Å². The van der Waals surface area contributed by atoms with Gasteiger partial charge in [-0.25, -0.2) is 0 Å². The molecular formula is C13H23NO5. The molecule has 1 aromatic rings. The van der Waals surface area contributed by atoms with E-state index in [1.54, 1.807) is 4.90 Å². The highest BCUT2D eigenvalue weighted by Crippen LogP contribution is 1.84. The van der Waals surface area contributed by atoms with Crippen molar-refractivity contribution in [2.24, 2.45) is 0 Å². The molecular weight excluding hydrogens is 250 g/mol. The van der Waals surface area contributed by atoms with E-state index in [0.717, 1.165) is 0 Å². The number of hydrogen-bond acceptors (Lipinski definition) is 5. The quantitative estimate of drug-likeness (QED) is 0.529. The maximum Gasteiger partial charge on any atom is 0.290 e. The molecule has 0 aliphatic rings. The van der Waals surface area contributed by atoms with Crippen molar-refractivity contribution in [1.82, 2.24) is 4.90 Å². The Balaban J connectivity index is 0. The average molecular weight is 273 g/mol. The van der Waals surface area contributed by atoms with E-state index >= 15 is 0 Å². The third-order valence-corrected chi connectivity index (χ3v) is 1.92. The number of aliphatic hydroxyl groups is 3. The molecule has 6 nitrogen and oxygen atoms in total. The highest BCUT2D eigenvalue weighted by molar-refractivity contribution is 5.32. The molecule has 1 rings (SSSR count). The standard InChI is InChI=1S/C6H15NO3.C6H6.CH2O2/c8-4-1-7(2-5-9)3-6-10;1-2-4-6-5-3-1;2-1-3/h8-10H,1-6H2;1-6H;1H,(H,2,3). The lowest BCUT2D eigenvalue weighted by atomic mass is 10.4. The molecule has 0 spiro atoms.